The number of hydroxylamine groups is 1. The first kappa shape index (κ1) is 25.9. The maximum absolute atomic E-state index is 13.3. The second-order valence-electron chi connectivity index (χ2n) is 10.2. The van der Waals surface area contributed by atoms with E-state index in [0.29, 0.717) is 17.0 Å². The molecule has 0 aromatic heterocycles. The van der Waals surface area contributed by atoms with Crippen LogP contribution in [0.5, 0.6) is 5.75 Å². The Labute approximate surface area is 205 Å². The third-order valence-electron chi connectivity index (χ3n) is 4.88. The molecule has 3 rings (SSSR count). The maximum Gasteiger partial charge on any atom is 0.534 e. The van der Waals surface area contributed by atoms with Crippen molar-refractivity contribution in [1.82, 2.24) is 5.32 Å². The molecule has 2 amide bonds. The average Bonchev–Trinajstić information content (AvgIpc) is 2.74. The molecule has 0 saturated heterocycles. The number of ether oxygens (including phenoxy) is 3. The molecule has 0 radical (unpaired) electrons. The van der Waals surface area contributed by atoms with Crippen molar-refractivity contribution in [3.8, 4) is 16.9 Å². The van der Waals surface area contributed by atoms with Gasteiger partial charge in [0.15, 0.2) is 0 Å². The number of carbonyl (C=O) groups excluding carboxylic acids is 3. The second-order valence-corrected chi connectivity index (χ2v) is 10.2. The number of benzene rings is 2. The number of amides is 2. The molecule has 1 aliphatic rings. The monoisotopic (exact) mass is 484 g/mol. The summed E-state index contributed by atoms with van der Waals surface area (Å²) in [5.41, 5.74) is 1.15. The van der Waals surface area contributed by atoms with Crippen molar-refractivity contribution in [3.63, 3.8) is 0 Å². The Balaban J connectivity index is 1.96. The first-order valence-corrected chi connectivity index (χ1v) is 11.3. The smallest absolute Gasteiger partial charge is 0.497 e. The Bertz CT molecular complexity index is 1120. The molecule has 1 atom stereocenters. The van der Waals surface area contributed by atoms with Crippen molar-refractivity contribution in [2.45, 2.75) is 65.2 Å². The van der Waals surface area contributed by atoms with Crippen molar-refractivity contribution in [2.75, 3.05) is 12.2 Å². The normalized spacial score (nSPS) is 15.7. The van der Waals surface area contributed by atoms with Gasteiger partial charge in [-0.25, -0.2) is 9.59 Å². The van der Waals surface area contributed by atoms with Crippen LogP contribution in [0.3, 0.4) is 0 Å². The van der Waals surface area contributed by atoms with Gasteiger partial charge in [-0.05, 0) is 76.4 Å². The van der Waals surface area contributed by atoms with E-state index in [1.165, 1.54) is 0 Å². The van der Waals surface area contributed by atoms with Crippen LogP contribution in [0, 0.1) is 0 Å². The van der Waals surface area contributed by atoms with E-state index in [2.05, 4.69) is 5.32 Å². The van der Waals surface area contributed by atoms with E-state index in [1.807, 2.05) is 36.4 Å². The predicted molar refractivity (Wildman–Crippen MR) is 130 cm³/mol. The summed E-state index contributed by atoms with van der Waals surface area (Å²) in [6.45, 7) is 10.2. The summed E-state index contributed by atoms with van der Waals surface area (Å²) < 4.78 is 15.8. The number of nitrogens with one attached hydrogen (secondary N) is 1. The molecule has 1 unspecified atom stereocenters. The number of fused-ring (bicyclic) bond motifs is 1. The fourth-order valence-electron chi connectivity index (χ4n) is 3.48. The highest BCUT2D eigenvalue weighted by atomic mass is 16.8. The molecule has 0 spiro atoms. The van der Waals surface area contributed by atoms with E-state index in [1.54, 1.807) is 54.7 Å². The summed E-state index contributed by atoms with van der Waals surface area (Å²) >= 11 is 0. The highest BCUT2D eigenvalue weighted by Crippen LogP contribution is 2.34. The SMILES string of the molecule is COc1cccc(-c2ccc3c(c2)N(OC(=O)OC(C)(C)C)C(=O)C(NC(=O)OC(C)(C)C)C3)c1. The number of alkyl carbamates (subject to hydrolysis) is 1. The molecule has 188 valence electrons. The standard InChI is InChI=1S/C26H32N2O7/c1-25(2,3)33-23(30)27-20-14-18-12-11-17(16-9-8-10-19(13-16)32-7)15-21(18)28(22(20)29)35-24(31)34-26(4,5)6/h8-13,15,20H,14H2,1-7H3,(H,27,30). The van der Waals surface area contributed by atoms with Crippen LogP contribution in [-0.2, 0) is 25.5 Å². The van der Waals surface area contributed by atoms with Crippen molar-refractivity contribution >= 4 is 23.8 Å². The Hall–Kier alpha value is -3.75. The second kappa shape index (κ2) is 9.85. The zero-order valence-electron chi connectivity index (χ0n) is 21.1. The minimum absolute atomic E-state index is 0.194. The van der Waals surface area contributed by atoms with Crippen molar-refractivity contribution in [3.05, 3.63) is 48.0 Å². The van der Waals surface area contributed by atoms with Gasteiger partial charge >= 0.3 is 12.2 Å². The molecule has 35 heavy (non-hydrogen) atoms. The largest absolute Gasteiger partial charge is 0.534 e. The van der Waals surface area contributed by atoms with Crippen LogP contribution in [0.15, 0.2) is 42.5 Å². The molecule has 0 bridgehead atoms. The summed E-state index contributed by atoms with van der Waals surface area (Å²) in [4.78, 5) is 43.5. The van der Waals surface area contributed by atoms with E-state index in [4.69, 9.17) is 19.0 Å². The lowest BCUT2D eigenvalue weighted by Gasteiger charge is -2.33. The molecule has 9 nitrogen and oxygen atoms in total. The molecular formula is C26H32N2O7. The van der Waals surface area contributed by atoms with Gasteiger partial charge in [0.2, 0.25) is 0 Å². The van der Waals surface area contributed by atoms with E-state index in [0.717, 1.165) is 16.2 Å². The number of rotatable bonds is 4. The summed E-state index contributed by atoms with van der Waals surface area (Å²) in [5, 5.41) is 3.45. The van der Waals surface area contributed by atoms with Gasteiger partial charge in [0.1, 0.15) is 23.0 Å². The Morgan fingerprint density at radius 3 is 2.23 bits per heavy atom. The molecule has 2 aromatic carbocycles. The highest BCUT2D eigenvalue weighted by molar-refractivity contribution is 6.01. The van der Waals surface area contributed by atoms with Crippen LogP contribution in [0.2, 0.25) is 0 Å². The fourth-order valence-corrected chi connectivity index (χ4v) is 3.48. The highest BCUT2D eigenvalue weighted by Gasteiger charge is 2.38. The Kier molecular flexibility index (Phi) is 7.28. The van der Waals surface area contributed by atoms with Crippen molar-refractivity contribution in [1.29, 1.82) is 0 Å². The quantitative estimate of drug-likeness (QED) is 0.608. The Morgan fingerprint density at radius 1 is 0.943 bits per heavy atom. The Morgan fingerprint density at radius 2 is 1.60 bits per heavy atom. The summed E-state index contributed by atoms with van der Waals surface area (Å²) in [7, 11) is 1.58. The molecule has 0 saturated carbocycles. The maximum atomic E-state index is 13.3. The lowest BCUT2D eigenvalue weighted by molar-refractivity contribution is -0.128. The van der Waals surface area contributed by atoms with Crippen LogP contribution in [0.25, 0.3) is 11.1 Å². The van der Waals surface area contributed by atoms with E-state index < -0.39 is 35.4 Å². The molecule has 2 aromatic rings. The number of carbonyl (C=O) groups is 3. The van der Waals surface area contributed by atoms with Gasteiger partial charge in [-0.3, -0.25) is 9.63 Å². The minimum atomic E-state index is -1.04. The first-order chi connectivity index (χ1) is 16.3. The predicted octanol–water partition coefficient (Wildman–Crippen LogP) is 5.01. The van der Waals surface area contributed by atoms with Crippen LogP contribution >= 0.6 is 0 Å². The zero-order chi connectivity index (χ0) is 26.0. The minimum Gasteiger partial charge on any atom is -0.497 e. The van der Waals surface area contributed by atoms with E-state index >= 15 is 0 Å². The summed E-state index contributed by atoms with van der Waals surface area (Å²) in [6.07, 6.45) is -1.59. The number of hydrogen-bond donors (Lipinski definition) is 1. The molecule has 1 heterocycles. The topological polar surface area (TPSA) is 103 Å². The van der Waals surface area contributed by atoms with Crippen LogP contribution < -0.4 is 15.1 Å². The van der Waals surface area contributed by atoms with Gasteiger partial charge in [-0.15, -0.1) is 5.06 Å². The van der Waals surface area contributed by atoms with Crippen LogP contribution in [0.4, 0.5) is 15.3 Å². The average molecular weight is 485 g/mol. The van der Waals surface area contributed by atoms with Gasteiger partial charge in [0.05, 0.1) is 12.8 Å². The fraction of sp³-hybridized carbons (Fsp3) is 0.423. The third-order valence-corrected chi connectivity index (χ3v) is 4.88. The van der Waals surface area contributed by atoms with E-state index in [9.17, 15) is 14.4 Å². The van der Waals surface area contributed by atoms with Gasteiger partial charge in [0, 0.05) is 6.42 Å². The number of methoxy groups -OCH3 is 1. The molecule has 9 heteroatoms. The molecule has 0 aliphatic carbocycles. The number of anilines is 1. The van der Waals surface area contributed by atoms with Crippen LogP contribution in [0.1, 0.15) is 47.1 Å². The summed E-state index contributed by atoms with van der Waals surface area (Å²) in [6, 6.07) is 11.9. The van der Waals surface area contributed by atoms with Gasteiger partial charge in [-0.1, -0.05) is 24.3 Å². The number of hydrogen-bond acceptors (Lipinski definition) is 7. The van der Waals surface area contributed by atoms with Gasteiger partial charge in [0.25, 0.3) is 5.91 Å². The lowest BCUT2D eigenvalue weighted by atomic mass is 9.95. The number of nitrogens with zero attached hydrogens (tertiary/aromatic N) is 1. The van der Waals surface area contributed by atoms with Crippen molar-refractivity contribution in [2.24, 2.45) is 0 Å². The van der Waals surface area contributed by atoms with Gasteiger partial charge in [-0.2, -0.15) is 0 Å². The molecule has 0 fully saturated rings. The lowest BCUT2D eigenvalue weighted by Crippen LogP contribution is -2.54. The molecule has 1 aliphatic heterocycles. The van der Waals surface area contributed by atoms with E-state index in [-0.39, 0.29) is 6.42 Å². The van der Waals surface area contributed by atoms with Gasteiger partial charge < -0.3 is 19.5 Å². The first-order valence-electron chi connectivity index (χ1n) is 11.3. The zero-order valence-corrected chi connectivity index (χ0v) is 21.1. The van der Waals surface area contributed by atoms with Crippen molar-refractivity contribution < 1.29 is 33.4 Å². The summed E-state index contributed by atoms with van der Waals surface area (Å²) in [5.74, 6) is 0.0526. The molecule has 1 N–H and O–H groups in total. The third kappa shape index (κ3) is 6.88. The molecular weight excluding hydrogens is 452 g/mol. The van der Waals surface area contributed by atoms with Crippen LogP contribution in [-0.4, -0.2) is 42.5 Å².